The Morgan fingerprint density at radius 3 is 2.38 bits per heavy atom. The molecule has 8 heteroatoms. The van der Waals surface area contributed by atoms with E-state index >= 15 is 0 Å². The topological polar surface area (TPSA) is 55.4 Å². The summed E-state index contributed by atoms with van der Waals surface area (Å²) < 4.78 is 70.8. The summed E-state index contributed by atoms with van der Waals surface area (Å²) in [5, 5.41) is 0. The molecule has 0 radical (unpaired) electrons. The van der Waals surface area contributed by atoms with Crippen LogP contribution in [0.4, 0.5) is 13.2 Å². The third kappa shape index (κ3) is 3.38. The second kappa shape index (κ2) is 5.58. The van der Waals surface area contributed by atoms with Crippen molar-refractivity contribution in [2.24, 2.45) is 0 Å². The van der Waals surface area contributed by atoms with E-state index in [9.17, 15) is 21.6 Å². The highest BCUT2D eigenvalue weighted by Crippen LogP contribution is 2.37. The third-order valence-electron chi connectivity index (χ3n) is 3.56. The SMILES string of the molecule is COCC1(NS(=O)(=O)c2ccccc2C(F)(F)F)CCC1. The summed E-state index contributed by atoms with van der Waals surface area (Å²) in [5.41, 5.74) is -1.96. The molecule has 0 heterocycles. The molecule has 0 spiro atoms. The Hall–Kier alpha value is -1.12. The molecule has 1 fully saturated rings. The molecule has 1 aliphatic rings. The predicted octanol–water partition coefficient (Wildman–Crippen LogP) is 2.55. The van der Waals surface area contributed by atoms with Crippen molar-refractivity contribution in [3.8, 4) is 0 Å². The summed E-state index contributed by atoms with van der Waals surface area (Å²) in [7, 11) is -2.84. The lowest BCUT2D eigenvalue weighted by Crippen LogP contribution is -2.56. The van der Waals surface area contributed by atoms with E-state index in [2.05, 4.69) is 4.72 Å². The maximum absolute atomic E-state index is 12.9. The van der Waals surface area contributed by atoms with Crippen molar-refractivity contribution in [1.82, 2.24) is 4.72 Å². The third-order valence-corrected chi connectivity index (χ3v) is 5.20. The second-order valence-electron chi connectivity index (χ2n) is 5.17. The lowest BCUT2D eigenvalue weighted by Gasteiger charge is -2.41. The lowest BCUT2D eigenvalue weighted by atomic mass is 9.78. The molecule has 0 unspecified atom stereocenters. The first kappa shape index (κ1) is 16.3. The van der Waals surface area contributed by atoms with Gasteiger partial charge < -0.3 is 4.74 Å². The van der Waals surface area contributed by atoms with E-state index in [0.29, 0.717) is 12.8 Å². The fourth-order valence-electron chi connectivity index (χ4n) is 2.43. The van der Waals surface area contributed by atoms with E-state index < -0.39 is 32.2 Å². The number of alkyl halides is 3. The van der Waals surface area contributed by atoms with Gasteiger partial charge in [0.15, 0.2) is 0 Å². The average Bonchev–Trinajstić information content (AvgIpc) is 2.35. The van der Waals surface area contributed by atoms with Crippen molar-refractivity contribution in [3.05, 3.63) is 29.8 Å². The maximum atomic E-state index is 12.9. The molecule has 118 valence electrons. The quantitative estimate of drug-likeness (QED) is 0.906. The molecule has 0 amide bonds. The van der Waals surface area contributed by atoms with E-state index in [-0.39, 0.29) is 6.61 Å². The molecule has 0 bridgehead atoms. The van der Waals surface area contributed by atoms with Crippen molar-refractivity contribution >= 4 is 10.0 Å². The fraction of sp³-hybridized carbons (Fsp3) is 0.538. The minimum Gasteiger partial charge on any atom is -0.383 e. The van der Waals surface area contributed by atoms with Gasteiger partial charge in [-0.25, -0.2) is 13.1 Å². The first-order valence-corrected chi connectivity index (χ1v) is 7.88. The standard InChI is InChI=1S/C13H16F3NO3S/c1-20-9-12(7-4-8-12)17-21(18,19)11-6-3-2-5-10(11)13(14,15)16/h2-3,5-6,17H,4,7-9H2,1H3. The largest absolute Gasteiger partial charge is 0.417 e. The molecular formula is C13H16F3NO3S. The Morgan fingerprint density at radius 2 is 1.90 bits per heavy atom. The first-order valence-electron chi connectivity index (χ1n) is 6.39. The number of ether oxygens (including phenoxy) is 1. The lowest BCUT2D eigenvalue weighted by molar-refractivity contribution is -0.139. The van der Waals surface area contributed by atoms with Crippen LogP contribution >= 0.6 is 0 Å². The summed E-state index contributed by atoms with van der Waals surface area (Å²) in [5.74, 6) is 0. The highest BCUT2D eigenvalue weighted by atomic mass is 32.2. The summed E-state index contributed by atoms with van der Waals surface area (Å²) in [6.07, 6.45) is -2.81. The Morgan fingerprint density at radius 1 is 1.29 bits per heavy atom. The van der Waals surface area contributed by atoms with Crippen LogP contribution in [0.3, 0.4) is 0 Å². The van der Waals surface area contributed by atoms with Crippen LogP contribution in [0.1, 0.15) is 24.8 Å². The van der Waals surface area contributed by atoms with Gasteiger partial charge in [0.25, 0.3) is 0 Å². The van der Waals surface area contributed by atoms with E-state index in [0.717, 1.165) is 24.6 Å². The van der Waals surface area contributed by atoms with E-state index in [4.69, 9.17) is 4.74 Å². The van der Waals surface area contributed by atoms with Gasteiger partial charge in [-0.05, 0) is 31.4 Å². The summed E-state index contributed by atoms with van der Waals surface area (Å²) in [6, 6.07) is 4.16. The van der Waals surface area contributed by atoms with E-state index in [1.54, 1.807) is 0 Å². The minimum absolute atomic E-state index is 0.139. The van der Waals surface area contributed by atoms with Crippen molar-refractivity contribution in [3.63, 3.8) is 0 Å². The smallest absolute Gasteiger partial charge is 0.383 e. The van der Waals surface area contributed by atoms with E-state index in [1.807, 2.05) is 0 Å². The number of nitrogens with one attached hydrogen (secondary N) is 1. The van der Waals surface area contributed by atoms with Gasteiger partial charge in [0, 0.05) is 7.11 Å². The summed E-state index contributed by atoms with van der Waals surface area (Å²) >= 11 is 0. The van der Waals surface area contributed by atoms with Crippen molar-refractivity contribution in [1.29, 1.82) is 0 Å². The zero-order valence-corrected chi connectivity index (χ0v) is 12.2. The van der Waals surface area contributed by atoms with Crippen molar-refractivity contribution in [2.45, 2.75) is 35.9 Å². The minimum atomic E-state index is -4.72. The zero-order valence-electron chi connectivity index (χ0n) is 11.4. The number of benzene rings is 1. The van der Waals surface area contributed by atoms with Crippen LogP contribution in [-0.2, 0) is 20.9 Å². The van der Waals surface area contributed by atoms with Crippen LogP contribution < -0.4 is 4.72 Å². The van der Waals surface area contributed by atoms with Gasteiger partial charge in [-0.1, -0.05) is 12.1 Å². The molecule has 1 aromatic carbocycles. The number of rotatable bonds is 5. The van der Waals surface area contributed by atoms with Crippen LogP contribution in [0.2, 0.25) is 0 Å². The Balaban J connectivity index is 2.37. The van der Waals surface area contributed by atoms with Crippen LogP contribution in [0.25, 0.3) is 0 Å². The molecule has 4 nitrogen and oxygen atoms in total. The number of methoxy groups -OCH3 is 1. The van der Waals surface area contributed by atoms with E-state index in [1.165, 1.54) is 13.2 Å². The van der Waals surface area contributed by atoms with Gasteiger partial charge in [0.2, 0.25) is 10.0 Å². The molecule has 0 aliphatic heterocycles. The highest BCUT2D eigenvalue weighted by molar-refractivity contribution is 7.89. The van der Waals surface area contributed by atoms with Crippen LogP contribution in [-0.4, -0.2) is 27.7 Å². The molecule has 1 N–H and O–H groups in total. The zero-order chi connectivity index (χ0) is 15.7. The molecule has 0 atom stereocenters. The summed E-state index contributed by atoms with van der Waals surface area (Å²) in [4.78, 5) is -0.750. The molecule has 1 aromatic rings. The molecule has 1 aliphatic carbocycles. The highest BCUT2D eigenvalue weighted by Gasteiger charge is 2.43. The Labute approximate surface area is 121 Å². The number of hydrogen-bond acceptors (Lipinski definition) is 3. The normalized spacial score (nSPS) is 18.3. The van der Waals surface area contributed by atoms with Crippen molar-refractivity contribution < 1.29 is 26.3 Å². The number of halogens is 3. The first-order chi connectivity index (χ1) is 9.70. The molecule has 0 saturated heterocycles. The molecular weight excluding hydrogens is 307 g/mol. The number of hydrogen-bond donors (Lipinski definition) is 1. The van der Waals surface area contributed by atoms with Crippen LogP contribution in [0.5, 0.6) is 0 Å². The molecule has 1 saturated carbocycles. The van der Waals surface area contributed by atoms with Gasteiger partial charge in [-0.15, -0.1) is 0 Å². The maximum Gasteiger partial charge on any atom is 0.417 e. The van der Waals surface area contributed by atoms with Gasteiger partial charge in [-0.3, -0.25) is 0 Å². The number of sulfonamides is 1. The molecule has 21 heavy (non-hydrogen) atoms. The van der Waals surface area contributed by atoms with Crippen LogP contribution in [0.15, 0.2) is 29.2 Å². The van der Waals surface area contributed by atoms with Gasteiger partial charge in [-0.2, -0.15) is 13.2 Å². The predicted molar refractivity (Wildman–Crippen MR) is 70.2 cm³/mol. The van der Waals surface area contributed by atoms with Gasteiger partial charge >= 0.3 is 6.18 Å². The molecule has 0 aromatic heterocycles. The molecule has 2 rings (SSSR count). The average molecular weight is 323 g/mol. The fourth-order valence-corrected chi connectivity index (χ4v) is 4.10. The van der Waals surface area contributed by atoms with Gasteiger partial charge in [0.1, 0.15) is 0 Å². The summed E-state index contributed by atoms with van der Waals surface area (Å²) in [6.45, 7) is 0.139. The van der Waals surface area contributed by atoms with Crippen molar-refractivity contribution in [2.75, 3.05) is 13.7 Å². The monoisotopic (exact) mass is 323 g/mol. The second-order valence-corrected chi connectivity index (χ2v) is 6.82. The van der Waals surface area contributed by atoms with Gasteiger partial charge in [0.05, 0.1) is 22.6 Å². The van der Waals surface area contributed by atoms with Crippen LogP contribution in [0, 0.1) is 0 Å². The Bertz CT molecular complexity index is 609. The Kier molecular flexibility index (Phi) is 4.32.